The number of aliphatic hydroxyl groups is 1. The van der Waals surface area contributed by atoms with Crippen LogP contribution in [0.5, 0.6) is 0 Å². The fraction of sp³-hybridized carbons (Fsp3) is 0.875. The maximum absolute atomic E-state index is 10.8. The Hall–Kier alpha value is -1.17. The van der Waals surface area contributed by atoms with Crippen molar-refractivity contribution in [2.75, 3.05) is 13.7 Å². The number of nitrogens with zero attached hydrogens (tertiary/aromatic N) is 1. The van der Waals surface area contributed by atoms with Crippen LogP contribution in [0.4, 0.5) is 0 Å². The van der Waals surface area contributed by atoms with Gasteiger partial charge < -0.3 is 9.84 Å². The molecule has 0 aromatic heterocycles. The highest BCUT2D eigenvalue weighted by molar-refractivity contribution is 5.69. The molecule has 14 heavy (non-hydrogen) atoms. The lowest BCUT2D eigenvalue weighted by Crippen LogP contribution is -2.36. The molecule has 0 saturated heterocycles. The van der Waals surface area contributed by atoms with E-state index in [1.54, 1.807) is 0 Å². The van der Waals surface area contributed by atoms with Crippen molar-refractivity contribution in [1.29, 1.82) is 0 Å². The maximum Gasteiger partial charge on any atom is 0.305 e. The minimum Gasteiger partial charge on any atom is -0.469 e. The summed E-state index contributed by atoms with van der Waals surface area (Å²) >= 11 is 0. The van der Waals surface area contributed by atoms with Gasteiger partial charge in [0.05, 0.1) is 13.5 Å². The highest BCUT2D eigenvalue weighted by atomic mass is 16.6. The number of esters is 1. The van der Waals surface area contributed by atoms with E-state index in [0.29, 0.717) is 0 Å². The summed E-state index contributed by atoms with van der Waals surface area (Å²) in [6, 6.07) is 0. The molecule has 0 aliphatic carbocycles. The van der Waals surface area contributed by atoms with Crippen LogP contribution in [0.3, 0.4) is 0 Å². The van der Waals surface area contributed by atoms with Crippen molar-refractivity contribution in [2.45, 2.75) is 31.7 Å². The largest absolute Gasteiger partial charge is 0.469 e. The Morgan fingerprint density at radius 2 is 2.14 bits per heavy atom. The molecule has 0 spiro atoms. The minimum absolute atomic E-state index is 0.00597. The van der Waals surface area contributed by atoms with Crippen LogP contribution >= 0.6 is 0 Å². The third kappa shape index (κ3) is 3.69. The molecule has 82 valence electrons. The van der Waals surface area contributed by atoms with Crippen LogP contribution in [0.1, 0.15) is 26.2 Å². The predicted molar refractivity (Wildman–Crippen MR) is 48.4 cm³/mol. The van der Waals surface area contributed by atoms with Gasteiger partial charge in [-0.15, -0.1) is 0 Å². The maximum atomic E-state index is 10.8. The van der Waals surface area contributed by atoms with Gasteiger partial charge in [0.2, 0.25) is 5.54 Å². The molecule has 0 saturated carbocycles. The highest BCUT2D eigenvalue weighted by Gasteiger charge is 2.36. The second-order valence-corrected chi connectivity index (χ2v) is 3.30. The van der Waals surface area contributed by atoms with Crippen LogP contribution in [-0.4, -0.2) is 35.3 Å². The van der Waals surface area contributed by atoms with Crippen LogP contribution in [0.25, 0.3) is 0 Å². The van der Waals surface area contributed by atoms with Gasteiger partial charge in [0.25, 0.3) is 0 Å². The molecule has 6 heteroatoms. The topological polar surface area (TPSA) is 89.7 Å². The first kappa shape index (κ1) is 12.8. The van der Waals surface area contributed by atoms with Crippen molar-refractivity contribution in [3.8, 4) is 0 Å². The van der Waals surface area contributed by atoms with Crippen molar-refractivity contribution in [3.63, 3.8) is 0 Å². The lowest BCUT2D eigenvalue weighted by molar-refractivity contribution is -0.568. The Balaban J connectivity index is 4.23. The summed E-state index contributed by atoms with van der Waals surface area (Å²) in [6.07, 6.45) is 0.109. The molecular weight excluding hydrogens is 190 g/mol. The van der Waals surface area contributed by atoms with Crippen molar-refractivity contribution in [1.82, 2.24) is 0 Å². The third-order valence-corrected chi connectivity index (χ3v) is 2.19. The fourth-order valence-corrected chi connectivity index (χ4v) is 1.02. The Morgan fingerprint density at radius 3 is 2.50 bits per heavy atom. The number of carbonyl (C=O) groups excluding carboxylic acids is 1. The van der Waals surface area contributed by atoms with E-state index >= 15 is 0 Å². The monoisotopic (exact) mass is 205 g/mol. The van der Waals surface area contributed by atoms with Gasteiger partial charge in [-0.05, 0) is 0 Å². The van der Waals surface area contributed by atoms with Crippen LogP contribution in [0.2, 0.25) is 0 Å². The van der Waals surface area contributed by atoms with E-state index in [9.17, 15) is 14.9 Å². The van der Waals surface area contributed by atoms with E-state index in [1.807, 2.05) is 0 Å². The van der Waals surface area contributed by atoms with Crippen LogP contribution in [0, 0.1) is 10.1 Å². The van der Waals surface area contributed by atoms with Crippen LogP contribution < -0.4 is 0 Å². The van der Waals surface area contributed by atoms with E-state index in [2.05, 4.69) is 4.74 Å². The quantitative estimate of drug-likeness (QED) is 0.384. The fourth-order valence-electron chi connectivity index (χ4n) is 1.02. The number of methoxy groups -OCH3 is 1. The number of nitro groups is 1. The average molecular weight is 205 g/mol. The van der Waals surface area contributed by atoms with Gasteiger partial charge >= 0.3 is 5.97 Å². The standard InChI is InChI=1S/C8H15NO5/c1-8(5-6-10,9(12)13)4-3-7(11)14-2/h10H,3-6H2,1-2H3. The molecule has 1 atom stereocenters. The Bertz CT molecular complexity index is 218. The van der Waals surface area contributed by atoms with Crippen molar-refractivity contribution >= 4 is 5.97 Å². The lowest BCUT2D eigenvalue weighted by Gasteiger charge is -2.18. The zero-order chi connectivity index (χ0) is 11.2. The van der Waals surface area contributed by atoms with E-state index in [4.69, 9.17) is 5.11 Å². The zero-order valence-corrected chi connectivity index (χ0v) is 8.36. The second kappa shape index (κ2) is 5.54. The molecule has 1 N–H and O–H groups in total. The first-order valence-electron chi connectivity index (χ1n) is 4.28. The van der Waals surface area contributed by atoms with Gasteiger partial charge in [0, 0.05) is 31.3 Å². The molecule has 1 unspecified atom stereocenters. The Morgan fingerprint density at radius 1 is 1.57 bits per heavy atom. The molecule has 0 fully saturated rings. The minimum atomic E-state index is -1.25. The summed E-state index contributed by atoms with van der Waals surface area (Å²) < 4.78 is 4.38. The third-order valence-electron chi connectivity index (χ3n) is 2.19. The van der Waals surface area contributed by atoms with Crippen LogP contribution in [0.15, 0.2) is 0 Å². The van der Waals surface area contributed by atoms with E-state index in [0.717, 1.165) is 0 Å². The first-order valence-corrected chi connectivity index (χ1v) is 4.28. The van der Waals surface area contributed by atoms with Crippen LogP contribution in [-0.2, 0) is 9.53 Å². The number of hydrogen-bond donors (Lipinski definition) is 1. The van der Waals surface area contributed by atoms with Crippen molar-refractivity contribution in [3.05, 3.63) is 10.1 Å². The lowest BCUT2D eigenvalue weighted by atomic mass is 9.93. The number of carbonyl (C=O) groups is 1. The number of ether oxygens (including phenoxy) is 1. The summed E-state index contributed by atoms with van der Waals surface area (Å²) in [6.45, 7) is 1.14. The molecule has 6 nitrogen and oxygen atoms in total. The smallest absolute Gasteiger partial charge is 0.305 e. The molecule has 0 heterocycles. The summed E-state index contributed by atoms with van der Waals surface area (Å²) in [5.41, 5.74) is -1.25. The first-order chi connectivity index (χ1) is 6.46. The van der Waals surface area contributed by atoms with Gasteiger partial charge in [0.1, 0.15) is 0 Å². The van der Waals surface area contributed by atoms with Gasteiger partial charge in [-0.3, -0.25) is 14.9 Å². The molecule has 0 bridgehead atoms. The van der Waals surface area contributed by atoms with E-state index < -0.39 is 16.4 Å². The SMILES string of the molecule is COC(=O)CCC(C)(CCO)[N+](=O)[O-]. The molecule has 0 amide bonds. The summed E-state index contributed by atoms with van der Waals surface area (Å²) in [4.78, 5) is 21.0. The molecular formula is C8H15NO5. The summed E-state index contributed by atoms with van der Waals surface area (Å²) in [5.74, 6) is -0.476. The molecule has 0 aliphatic rings. The Labute approximate surface area is 82.0 Å². The van der Waals surface area contributed by atoms with Gasteiger partial charge in [-0.2, -0.15) is 0 Å². The van der Waals surface area contributed by atoms with Gasteiger partial charge in [-0.1, -0.05) is 0 Å². The highest BCUT2D eigenvalue weighted by Crippen LogP contribution is 2.20. The normalized spacial score (nSPS) is 14.5. The van der Waals surface area contributed by atoms with Gasteiger partial charge in [0.15, 0.2) is 0 Å². The second-order valence-electron chi connectivity index (χ2n) is 3.30. The zero-order valence-electron chi connectivity index (χ0n) is 8.36. The molecule has 0 aromatic carbocycles. The molecule has 0 rings (SSSR count). The number of rotatable bonds is 6. The van der Waals surface area contributed by atoms with Crippen molar-refractivity contribution in [2.24, 2.45) is 0 Å². The number of hydrogen-bond acceptors (Lipinski definition) is 5. The molecule has 0 aliphatic heterocycles. The van der Waals surface area contributed by atoms with Crippen molar-refractivity contribution < 1.29 is 19.6 Å². The van der Waals surface area contributed by atoms with Gasteiger partial charge in [-0.25, -0.2) is 0 Å². The average Bonchev–Trinajstić information content (AvgIpc) is 2.14. The van der Waals surface area contributed by atoms with E-state index in [-0.39, 0.29) is 25.9 Å². The number of aliphatic hydroxyl groups excluding tert-OH is 1. The summed E-state index contributed by atoms with van der Waals surface area (Å²) in [5, 5.41) is 19.3. The predicted octanol–water partition coefficient (Wildman–Crippen LogP) is 0.357. The summed E-state index contributed by atoms with van der Waals surface area (Å²) in [7, 11) is 1.23. The molecule has 0 aromatic rings. The molecule has 0 radical (unpaired) electrons. The Kier molecular flexibility index (Phi) is 5.07. The van der Waals surface area contributed by atoms with E-state index in [1.165, 1.54) is 14.0 Å².